The fraction of sp³-hybridized carbons (Fsp3) is 0.227. The number of nitrogens with two attached hydrogens (primary N) is 1. The molecular formula is C22H24N2O2. The monoisotopic (exact) mass is 348 g/mol. The zero-order valence-corrected chi connectivity index (χ0v) is 15.2. The molecule has 0 spiro atoms. The number of hydrogen-bond donors (Lipinski definition) is 2. The normalized spacial score (nSPS) is 10.9. The Morgan fingerprint density at radius 3 is 2.08 bits per heavy atom. The summed E-state index contributed by atoms with van der Waals surface area (Å²) in [6.45, 7) is 4.68. The molecule has 0 saturated heterocycles. The highest BCUT2D eigenvalue weighted by Gasteiger charge is 2.22. The van der Waals surface area contributed by atoms with Crippen molar-refractivity contribution in [3.05, 3.63) is 71.5 Å². The summed E-state index contributed by atoms with van der Waals surface area (Å²) in [4.78, 5) is 12.1. The number of aromatic nitrogens is 1. The number of rotatable bonds is 6. The molecule has 0 atom stereocenters. The zero-order valence-electron chi connectivity index (χ0n) is 15.2. The molecule has 0 aliphatic carbocycles. The zero-order chi connectivity index (χ0) is 18.7. The molecule has 134 valence electrons. The third kappa shape index (κ3) is 3.28. The summed E-state index contributed by atoms with van der Waals surface area (Å²) < 4.78 is 2.07. The highest BCUT2D eigenvalue weighted by molar-refractivity contribution is 6.02. The fourth-order valence-corrected chi connectivity index (χ4v) is 3.56. The highest BCUT2D eigenvalue weighted by atomic mass is 16.3. The van der Waals surface area contributed by atoms with E-state index in [2.05, 4.69) is 28.8 Å². The molecule has 4 heteroatoms. The smallest absolute Gasteiger partial charge is 0.251 e. The Bertz CT molecular complexity index is 910. The van der Waals surface area contributed by atoms with E-state index in [1.54, 1.807) is 0 Å². The summed E-state index contributed by atoms with van der Waals surface area (Å²) in [6.07, 6.45) is 0.640. The maximum Gasteiger partial charge on any atom is 0.251 e. The highest BCUT2D eigenvalue weighted by Crippen LogP contribution is 2.33. The Hall–Kier alpha value is -2.85. The molecule has 1 heterocycles. The molecular weight excluding hydrogens is 324 g/mol. The third-order valence-corrected chi connectivity index (χ3v) is 4.85. The van der Waals surface area contributed by atoms with E-state index < -0.39 is 5.91 Å². The molecule has 3 aromatic rings. The number of aliphatic hydroxyl groups excluding tert-OH is 1. The van der Waals surface area contributed by atoms with Crippen LogP contribution in [0.25, 0.3) is 22.3 Å². The van der Waals surface area contributed by atoms with Gasteiger partial charge in [0.25, 0.3) is 5.91 Å². The minimum atomic E-state index is -0.421. The van der Waals surface area contributed by atoms with Crippen molar-refractivity contribution < 1.29 is 9.90 Å². The lowest BCUT2D eigenvalue weighted by atomic mass is 9.97. The van der Waals surface area contributed by atoms with Crippen molar-refractivity contribution in [2.45, 2.75) is 26.8 Å². The van der Waals surface area contributed by atoms with Crippen molar-refractivity contribution in [3.8, 4) is 22.3 Å². The standard InChI is InChI=1S/C22H24N2O2/c1-15-20(21(22(23)26)16(2)24(15)13-6-14-25)19-11-9-18(10-12-19)17-7-4-3-5-8-17/h3-5,7-12,25H,6,13-14H2,1-2H3,(H2,23,26). The van der Waals surface area contributed by atoms with Crippen LogP contribution in [0.4, 0.5) is 0 Å². The second kappa shape index (κ2) is 7.58. The summed E-state index contributed by atoms with van der Waals surface area (Å²) in [5.74, 6) is -0.421. The van der Waals surface area contributed by atoms with Crippen LogP contribution in [0.5, 0.6) is 0 Å². The number of amides is 1. The topological polar surface area (TPSA) is 68.2 Å². The second-order valence-electron chi connectivity index (χ2n) is 6.46. The quantitative estimate of drug-likeness (QED) is 0.709. The maximum absolute atomic E-state index is 12.1. The van der Waals surface area contributed by atoms with E-state index in [1.807, 2.05) is 44.2 Å². The minimum absolute atomic E-state index is 0.115. The largest absolute Gasteiger partial charge is 0.396 e. The van der Waals surface area contributed by atoms with Gasteiger partial charge < -0.3 is 15.4 Å². The SMILES string of the molecule is Cc1c(C(N)=O)c(-c2ccc(-c3ccccc3)cc2)c(C)n1CCCO. The first kappa shape index (κ1) is 18.0. The number of aliphatic hydroxyl groups is 1. The average molecular weight is 348 g/mol. The van der Waals surface area contributed by atoms with Crippen molar-refractivity contribution in [2.75, 3.05) is 6.61 Å². The van der Waals surface area contributed by atoms with Crippen LogP contribution >= 0.6 is 0 Å². The first-order valence-corrected chi connectivity index (χ1v) is 8.80. The summed E-state index contributed by atoms with van der Waals surface area (Å²) in [5, 5.41) is 9.15. The van der Waals surface area contributed by atoms with Gasteiger partial charge in [-0.25, -0.2) is 0 Å². The van der Waals surface area contributed by atoms with E-state index in [4.69, 9.17) is 10.8 Å². The molecule has 2 aromatic carbocycles. The molecule has 3 rings (SSSR count). The van der Waals surface area contributed by atoms with E-state index >= 15 is 0 Å². The van der Waals surface area contributed by atoms with Gasteiger partial charge in [0.1, 0.15) is 0 Å². The van der Waals surface area contributed by atoms with Crippen molar-refractivity contribution >= 4 is 5.91 Å². The van der Waals surface area contributed by atoms with Crippen LogP contribution in [0.15, 0.2) is 54.6 Å². The molecule has 0 radical (unpaired) electrons. The van der Waals surface area contributed by atoms with Gasteiger partial charge in [0.2, 0.25) is 0 Å². The average Bonchev–Trinajstić information content (AvgIpc) is 2.91. The van der Waals surface area contributed by atoms with Crippen LogP contribution in [0.1, 0.15) is 28.2 Å². The Morgan fingerprint density at radius 1 is 0.923 bits per heavy atom. The number of nitrogens with zero attached hydrogens (tertiary/aromatic N) is 1. The Balaban J connectivity index is 2.07. The van der Waals surface area contributed by atoms with Gasteiger partial charge in [-0.3, -0.25) is 4.79 Å². The second-order valence-corrected chi connectivity index (χ2v) is 6.46. The van der Waals surface area contributed by atoms with Crippen LogP contribution in [0, 0.1) is 13.8 Å². The summed E-state index contributed by atoms with van der Waals surface area (Å²) in [7, 11) is 0. The number of primary amides is 1. The van der Waals surface area contributed by atoms with E-state index in [1.165, 1.54) is 0 Å². The molecule has 1 amide bonds. The van der Waals surface area contributed by atoms with Crippen molar-refractivity contribution in [3.63, 3.8) is 0 Å². The van der Waals surface area contributed by atoms with Gasteiger partial charge in [0, 0.05) is 30.1 Å². The third-order valence-electron chi connectivity index (χ3n) is 4.85. The van der Waals surface area contributed by atoms with Crippen LogP contribution in [-0.2, 0) is 6.54 Å². The van der Waals surface area contributed by atoms with E-state index in [9.17, 15) is 4.79 Å². The lowest BCUT2D eigenvalue weighted by molar-refractivity contribution is 0.1000. The molecule has 0 bridgehead atoms. The van der Waals surface area contributed by atoms with E-state index in [0.29, 0.717) is 18.5 Å². The molecule has 0 aliphatic heterocycles. The molecule has 0 aliphatic rings. The first-order valence-electron chi connectivity index (χ1n) is 8.80. The van der Waals surface area contributed by atoms with Gasteiger partial charge in [-0.1, -0.05) is 54.6 Å². The number of benzene rings is 2. The van der Waals surface area contributed by atoms with Gasteiger partial charge in [-0.05, 0) is 37.0 Å². The predicted molar refractivity (Wildman–Crippen MR) is 105 cm³/mol. The predicted octanol–water partition coefficient (Wildman–Crippen LogP) is 3.92. The molecule has 3 N–H and O–H groups in total. The fourth-order valence-electron chi connectivity index (χ4n) is 3.56. The molecule has 1 aromatic heterocycles. The molecule has 0 unspecified atom stereocenters. The maximum atomic E-state index is 12.1. The van der Waals surface area contributed by atoms with Crippen LogP contribution < -0.4 is 5.73 Å². The van der Waals surface area contributed by atoms with Crippen molar-refractivity contribution in [2.24, 2.45) is 5.73 Å². The van der Waals surface area contributed by atoms with E-state index in [-0.39, 0.29) is 6.61 Å². The molecule has 4 nitrogen and oxygen atoms in total. The summed E-state index contributed by atoms with van der Waals surface area (Å²) >= 11 is 0. The first-order chi connectivity index (χ1) is 12.5. The lowest BCUT2D eigenvalue weighted by Crippen LogP contribution is -2.13. The van der Waals surface area contributed by atoms with Crippen LogP contribution in [-0.4, -0.2) is 22.2 Å². The molecule has 0 saturated carbocycles. The Kier molecular flexibility index (Phi) is 5.24. The Morgan fingerprint density at radius 2 is 1.50 bits per heavy atom. The van der Waals surface area contributed by atoms with Gasteiger partial charge in [-0.2, -0.15) is 0 Å². The summed E-state index contributed by atoms with van der Waals surface area (Å²) in [6, 6.07) is 18.4. The minimum Gasteiger partial charge on any atom is -0.396 e. The number of carbonyl (C=O) groups excluding carboxylic acids is 1. The van der Waals surface area contributed by atoms with Gasteiger partial charge in [0.15, 0.2) is 0 Å². The van der Waals surface area contributed by atoms with E-state index in [0.717, 1.165) is 33.6 Å². The molecule has 0 fully saturated rings. The Labute approximate surface area is 153 Å². The van der Waals surface area contributed by atoms with Crippen molar-refractivity contribution in [1.82, 2.24) is 4.57 Å². The number of hydrogen-bond acceptors (Lipinski definition) is 2. The number of carbonyl (C=O) groups is 1. The van der Waals surface area contributed by atoms with Crippen LogP contribution in [0.2, 0.25) is 0 Å². The van der Waals surface area contributed by atoms with Crippen LogP contribution in [0.3, 0.4) is 0 Å². The van der Waals surface area contributed by atoms with Crippen molar-refractivity contribution in [1.29, 1.82) is 0 Å². The van der Waals surface area contributed by atoms with Gasteiger partial charge >= 0.3 is 0 Å². The summed E-state index contributed by atoms with van der Waals surface area (Å²) in [5.41, 5.74) is 12.2. The molecule has 26 heavy (non-hydrogen) atoms. The van der Waals surface area contributed by atoms with Gasteiger partial charge in [-0.15, -0.1) is 0 Å². The lowest BCUT2D eigenvalue weighted by Gasteiger charge is -2.09. The van der Waals surface area contributed by atoms with Gasteiger partial charge in [0.05, 0.1) is 5.56 Å².